The zero-order chi connectivity index (χ0) is 12.3. The molecule has 0 saturated carbocycles. The van der Waals surface area contributed by atoms with Gasteiger partial charge in [-0.3, -0.25) is 5.43 Å². The van der Waals surface area contributed by atoms with Crippen LogP contribution in [0.5, 0.6) is 0 Å². The van der Waals surface area contributed by atoms with Crippen LogP contribution in [0.4, 0.5) is 5.95 Å². The predicted octanol–water partition coefficient (Wildman–Crippen LogP) is 2.81. The van der Waals surface area contributed by atoms with Crippen LogP contribution in [-0.4, -0.2) is 15.2 Å². The summed E-state index contributed by atoms with van der Waals surface area (Å²) in [6.45, 7) is 4.36. The summed E-state index contributed by atoms with van der Waals surface area (Å²) >= 11 is 1.76. The molecule has 0 aliphatic heterocycles. The highest BCUT2D eigenvalue weighted by molar-refractivity contribution is 8.00. The molecule has 1 aromatic heterocycles. The van der Waals surface area contributed by atoms with Gasteiger partial charge in [0.15, 0.2) is 0 Å². The summed E-state index contributed by atoms with van der Waals surface area (Å²) in [4.78, 5) is 8.75. The highest BCUT2D eigenvalue weighted by Crippen LogP contribution is 2.30. The maximum absolute atomic E-state index is 5.39. The molecule has 0 saturated heterocycles. The first-order valence-corrected chi connectivity index (χ1v) is 6.52. The second-order valence-corrected chi connectivity index (χ2v) is 5.28. The average Bonchev–Trinajstić information content (AvgIpc) is 2.38. The summed E-state index contributed by atoms with van der Waals surface area (Å²) in [7, 11) is 0. The molecule has 1 aromatic carbocycles. The number of para-hydroxylation sites is 1. The number of nitrogens with one attached hydrogen (secondary N) is 1. The molecule has 1 unspecified atom stereocenters. The Hall–Kier alpha value is -1.33. The fourth-order valence-electron chi connectivity index (χ4n) is 1.48. The molecule has 2 rings (SSSR count). The van der Waals surface area contributed by atoms with Crippen LogP contribution < -0.4 is 11.3 Å². The Bertz CT molecular complexity index is 515. The Morgan fingerprint density at radius 3 is 2.82 bits per heavy atom. The van der Waals surface area contributed by atoms with Gasteiger partial charge in [-0.1, -0.05) is 32.0 Å². The van der Waals surface area contributed by atoms with Gasteiger partial charge in [0, 0.05) is 10.6 Å². The lowest BCUT2D eigenvalue weighted by Crippen LogP contribution is -2.11. The van der Waals surface area contributed by atoms with Crippen molar-refractivity contribution in [2.75, 3.05) is 5.43 Å². The molecule has 1 atom stereocenters. The van der Waals surface area contributed by atoms with E-state index in [9.17, 15) is 0 Å². The van der Waals surface area contributed by atoms with E-state index in [0.29, 0.717) is 11.2 Å². The topological polar surface area (TPSA) is 63.8 Å². The van der Waals surface area contributed by atoms with E-state index >= 15 is 0 Å². The van der Waals surface area contributed by atoms with Crippen molar-refractivity contribution in [3.8, 4) is 0 Å². The summed E-state index contributed by atoms with van der Waals surface area (Å²) < 4.78 is 0. The van der Waals surface area contributed by atoms with E-state index in [0.717, 1.165) is 22.3 Å². The van der Waals surface area contributed by atoms with Gasteiger partial charge in [-0.15, -0.1) is 11.8 Å². The lowest BCUT2D eigenvalue weighted by atomic mass is 10.2. The number of hydrogen-bond acceptors (Lipinski definition) is 5. The van der Waals surface area contributed by atoms with Crippen molar-refractivity contribution in [1.29, 1.82) is 0 Å². The van der Waals surface area contributed by atoms with Crippen molar-refractivity contribution < 1.29 is 0 Å². The maximum Gasteiger partial charge on any atom is 0.238 e. The second-order valence-electron chi connectivity index (χ2n) is 3.85. The summed E-state index contributed by atoms with van der Waals surface area (Å²) in [5.41, 5.74) is 3.43. The van der Waals surface area contributed by atoms with Crippen molar-refractivity contribution in [1.82, 2.24) is 9.97 Å². The zero-order valence-electron chi connectivity index (χ0n) is 9.97. The third-order valence-corrected chi connectivity index (χ3v) is 3.86. The van der Waals surface area contributed by atoms with E-state index < -0.39 is 0 Å². The molecule has 0 fully saturated rings. The zero-order valence-corrected chi connectivity index (χ0v) is 10.8. The third kappa shape index (κ3) is 2.68. The maximum atomic E-state index is 5.39. The van der Waals surface area contributed by atoms with Crippen molar-refractivity contribution in [3.63, 3.8) is 0 Å². The Kier molecular flexibility index (Phi) is 3.81. The molecule has 0 radical (unpaired) electrons. The number of rotatable bonds is 4. The lowest BCUT2D eigenvalue weighted by molar-refractivity contribution is 0.901. The number of nitrogens with two attached hydrogens (primary N) is 1. The fourth-order valence-corrected chi connectivity index (χ4v) is 2.46. The monoisotopic (exact) mass is 248 g/mol. The molecule has 0 amide bonds. The number of thioether (sulfide) groups is 1. The number of aromatic nitrogens is 2. The van der Waals surface area contributed by atoms with Crippen LogP contribution in [0.1, 0.15) is 20.3 Å². The van der Waals surface area contributed by atoms with Gasteiger partial charge in [-0.2, -0.15) is 0 Å². The first-order chi connectivity index (χ1) is 8.24. The molecular weight excluding hydrogens is 232 g/mol. The van der Waals surface area contributed by atoms with Crippen LogP contribution in [0.25, 0.3) is 10.9 Å². The Labute approximate surface area is 105 Å². The van der Waals surface area contributed by atoms with Crippen molar-refractivity contribution in [2.45, 2.75) is 30.5 Å². The van der Waals surface area contributed by atoms with Crippen LogP contribution >= 0.6 is 11.8 Å². The largest absolute Gasteiger partial charge is 0.292 e. The van der Waals surface area contributed by atoms with Gasteiger partial charge in [-0.05, 0) is 12.5 Å². The normalized spacial score (nSPS) is 12.6. The quantitative estimate of drug-likeness (QED) is 0.377. The number of anilines is 1. The SMILES string of the molecule is CCC(C)Sc1nc(NN)nc2ccccc12. The molecule has 0 spiro atoms. The third-order valence-electron chi connectivity index (χ3n) is 2.59. The Balaban J connectivity index is 2.50. The van der Waals surface area contributed by atoms with Gasteiger partial charge >= 0.3 is 0 Å². The molecule has 17 heavy (non-hydrogen) atoms. The van der Waals surface area contributed by atoms with E-state index in [1.807, 2.05) is 24.3 Å². The number of nitrogens with zero attached hydrogens (tertiary/aromatic N) is 2. The minimum Gasteiger partial charge on any atom is -0.292 e. The fraction of sp³-hybridized carbons (Fsp3) is 0.333. The summed E-state index contributed by atoms with van der Waals surface area (Å²) in [6, 6.07) is 7.98. The minimum absolute atomic E-state index is 0.467. The Morgan fingerprint density at radius 1 is 1.35 bits per heavy atom. The molecule has 5 heteroatoms. The molecule has 90 valence electrons. The molecule has 2 aromatic rings. The molecule has 3 N–H and O–H groups in total. The van der Waals surface area contributed by atoms with Crippen molar-refractivity contribution >= 4 is 28.6 Å². The van der Waals surface area contributed by atoms with Crippen molar-refractivity contribution in [3.05, 3.63) is 24.3 Å². The van der Waals surface area contributed by atoms with Crippen molar-refractivity contribution in [2.24, 2.45) is 5.84 Å². The lowest BCUT2D eigenvalue weighted by Gasteiger charge is -2.11. The number of hydrazine groups is 1. The van der Waals surface area contributed by atoms with Gasteiger partial charge < -0.3 is 0 Å². The predicted molar refractivity (Wildman–Crippen MR) is 73.0 cm³/mol. The van der Waals surface area contributed by atoms with Crippen LogP contribution in [0.15, 0.2) is 29.3 Å². The summed E-state index contributed by atoms with van der Waals surface area (Å²) in [5.74, 6) is 5.86. The van der Waals surface area contributed by atoms with Crippen LogP contribution in [-0.2, 0) is 0 Å². The standard InChI is InChI=1S/C12H16N4S/c1-3-8(2)17-11-9-6-4-5-7-10(9)14-12(15-11)16-13/h4-8H,3,13H2,1-2H3,(H,14,15,16). The summed E-state index contributed by atoms with van der Waals surface area (Å²) in [5, 5.41) is 2.59. The highest BCUT2D eigenvalue weighted by atomic mass is 32.2. The van der Waals surface area contributed by atoms with Gasteiger partial charge in [0.1, 0.15) is 5.03 Å². The first-order valence-electron chi connectivity index (χ1n) is 5.64. The molecule has 0 aliphatic rings. The van der Waals surface area contributed by atoms with Crippen LogP contribution in [0.2, 0.25) is 0 Å². The number of nitrogen functional groups attached to an aromatic ring is 1. The molecule has 4 nitrogen and oxygen atoms in total. The second kappa shape index (κ2) is 5.33. The summed E-state index contributed by atoms with van der Waals surface area (Å²) in [6.07, 6.45) is 1.11. The van der Waals surface area contributed by atoms with E-state index in [1.165, 1.54) is 0 Å². The smallest absolute Gasteiger partial charge is 0.238 e. The number of benzene rings is 1. The number of fused-ring (bicyclic) bond motifs is 1. The Morgan fingerprint density at radius 2 is 2.12 bits per heavy atom. The van der Waals surface area contributed by atoms with Crippen LogP contribution in [0.3, 0.4) is 0 Å². The van der Waals surface area contributed by atoms with E-state index in [1.54, 1.807) is 11.8 Å². The molecule has 0 aliphatic carbocycles. The first kappa shape index (κ1) is 12.1. The average molecular weight is 248 g/mol. The van der Waals surface area contributed by atoms with Crippen LogP contribution in [0, 0.1) is 0 Å². The van der Waals surface area contributed by atoms with E-state index in [4.69, 9.17) is 5.84 Å². The van der Waals surface area contributed by atoms with Gasteiger partial charge in [0.05, 0.1) is 5.52 Å². The van der Waals surface area contributed by atoms with E-state index in [2.05, 4.69) is 29.2 Å². The van der Waals surface area contributed by atoms with Gasteiger partial charge in [-0.25, -0.2) is 15.8 Å². The molecule has 0 bridgehead atoms. The highest BCUT2D eigenvalue weighted by Gasteiger charge is 2.10. The molecule has 1 heterocycles. The minimum atomic E-state index is 0.467. The van der Waals surface area contributed by atoms with Gasteiger partial charge in [0.2, 0.25) is 5.95 Å². The van der Waals surface area contributed by atoms with Gasteiger partial charge in [0.25, 0.3) is 0 Å². The number of hydrogen-bond donors (Lipinski definition) is 2. The van der Waals surface area contributed by atoms with E-state index in [-0.39, 0.29) is 0 Å². The molecular formula is C12H16N4S.